The summed E-state index contributed by atoms with van der Waals surface area (Å²) in [5, 5.41) is 3.27. The molecule has 1 atom stereocenters. The van der Waals surface area contributed by atoms with Crippen molar-refractivity contribution in [1.29, 1.82) is 0 Å². The Morgan fingerprint density at radius 1 is 1.69 bits per heavy atom. The fraction of sp³-hybridized carbons (Fsp3) is 0.556. The first-order valence-corrected chi connectivity index (χ1v) is 4.35. The van der Waals surface area contributed by atoms with Crippen LogP contribution in [0.3, 0.4) is 0 Å². The lowest BCUT2D eigenvalue weighted by molar-refractivity contribution is -0.0602. The molecule has 0 spiro atoms. The van der Waals surface area contributed by atoms with E-state index in [4.69, 9.17) is 4.74 Å². The number of nitrogens with one attached hydrogen (secondary N) is 1. The van der Waals surface area contributed by atoms with E-state index in [1.54, 1.807) is 6.20 Å². The van der Waals surface area contributed by atoms with Crippen molar-refractivity contribution in [3.05, 3.63) is 24.3 Å². The Labute approximate surface area is 77.4 Å². The summed E-state index contributed by atoms with van der Waals surface area (Å²) >= 11 is 0. The summed E-state index contributed by atoms with van der Waals surface area (Å²) in [5.41, 5.74) is 0.562. The predicted octanol–water partition coefficient (Wildman–Crippen LogP) is 0.112. The van der Waals surface area contributed by atoms with Gasteiger partial charge in [-0.05, 0) is 13.0 Å². The number of nitrogens with zero attached hydrogens (tertiary/aromatic N) is 2. The van der Waals surface area contributed by atoms with Crippen LogP contribution in [0.15, 0.2) is 12.3 Å². The Morgan fingerprint density at radius 2 is 2.62 bits per heavy atom. The molecule has 1 saturated heterocycles. The molecule has 1 N–H and O–H groups in total. The molecule has 1 aromatic heterocycles. The maximum atomic E-state index is 5.68. The Morgan fingerprint density at radius 3 is 3.23 bits per heavy atom. The molecule has 2 rings (SSSR count). The van der Waals surface area contributed by atoms with Crippen molar-refractivity contribution in [3.8, 4) is 0 Å². The molecule has 0 amide bonds. The first-order valence-electron chi connectivity index (χ1n) is 4.35. The van der Waals surface area contributed by atoms with Crippen molar-refractivity contribution in [1.82, 2.24) is 15.3 Å². The molecule has 1 fully saturated rings. The highest BCUT2D eigenvalue weighted by atomic mass is 16.5. The zero-order valence-electron chi connectivity index (χ0n) is 7.58. The molecule has 0 saturated carbocycles. The fourth-order valence-electron chi connectivity index (χ4n) is 1.45. The number of morpholine rings is 1. The van der Waals surface area contributed by atoms with Crippen LogP contribution < -0.4 is 5.32 Å². The monoisotopic (exact) mass is 178 g/mol. The molecule has 0 bridgehead atoms. The van der Waals surface area contributed by atoms with E-state index in [2.05, 4.69) is 21.6 Å². The summed E-state index contributed by atoms with van der Waals surface area (Å²) in [6, 6.07) is 1.86. The normalized spacial score (nSPS) is 28.7. The first kappa shape index (κ1) is 8.59. The van der Waals surface area contributed by atoms with Crippen molar-refractivity contribution >= 4 is 0 Å². The predicted molar refractivity (Wildman–Crippen MR) is 47.0 cm³/mol. The van der Waals surface area contributed by atoms with Gasteiger partial charge in [0.1, 0.15) is 5.60 Å². The lowest BCUT2D eigenvalue weighted by Crippen LogP contribution is -2.45. The average molecular weight is 178 g/mol. The van der Waals surface area contributed by atoms with Gasteiger partial charge in [-0.2, -0.15) is 0 Å². The van der Waals surface area contributed by atoms with E-state index in [9.17, 15) is 0 Å². The number of rotatable bonds is 1. The Hall–Kier alpha value is -1.00. The van der Waals surface area contributed by atoms with Crippen molar-refractivity contribution in [3.63, 3.8) is 0 Å². The standard InChI is InChI=1S/C9H12N3O/c1-9(6-10-4-5-13-9)8-2-3-11-7-12-8/h2-3,10H,4-6H2,1H3. The molecule has 1 unspecified atom stereocenters. The van der Waals surface area contributed by atoms with Crippen molar-refractivity contribution < 1.29 is 4.74 Å². The topological polar surface area (TPSA) is 47.0 Å². The largest absolute Gasteiger partial charge is 0.366 e. The molecular weight excluding hydrogens is 166 g/mol. The van der Waals surface area contributed by atoms with Gasteiger partial charge in [0, 0.05) is 19.3 Å². The molecule has 69 valence electrons. The molecule has 1 aliphatic rings. The highest BCUT2D eigenvalue weighted by molar-refractivity contribution is 5.10. The SMILES string of the molecule is CC1(c2ccn[c]n2)CNCCO1. The molecule has 2 heterocycles. The first-order chi connectivity index (χ1) is 6.31. The number of hydrogen-bond donors (Lipinski definition) is 1. The zero-order valence-corrected chi connectivity index (χ0v) is 7.58. The number of ether oxygens (including phenoxy) is 1. The quantitative estimate of drug-likeness (QED) is 0.663. The van der Waals surface area contributed by atoms with Gasteiger partial charge >= 0.3 is 0 Å². The molecule has 4 nitrogen and oxygen atoms in total. The summed E-state index contributed by atoms with van der Waals surface area (Å²) < 4.78 is 5.68. The third-order valence-electron chi connectivity index (χ3n) is 2.24. The molecule has 1 radical (unpaired) electrons. The third-order valence-corrected chi connectivity index (χ3v) is 2.24. The second-order valence-corrected chi connectivity index (χ2v) is 3.30. The lowest BCUT2D eigenvalue weighted by Gasteiger charge is -2.33. The van der Waals surface area contributed by atoms with Crippen LogP contribution >= 0.6 is 0 Å². The van der Waals surface area contributed by atoms with E-state index in [0.29, 0.717) is 0 Å². The summed E-state index contributed by atoms with van der Waals surface area (Å²) in [5.74, 6) is 0. The van der Waals surface area contributed by atoms with E-state index in [-0.39, 0.29) is 5.60 Å². The summed E-state index contributed by atoms with van der Waals surface area (Å²) in [6.07, 6.45) is 4.26. The van der Waals surface area contributed by atoms with Gasteiger partial charge in [0.05, 0.1) is 12.3 Å². The molecule has 0 aliphatic carbocycles. The van der Waals surface area contributed by atoms with E-state index < -0.39 is 0 Å². The molecule has 13 heavy (non-hydrogen) atoms. The number of hydrogen-bond acceptors (Lipinski definition) is 4. The van der Waals surface area contributed by atoms with Crippen molar-refractivity contribution in [2.75, 3.05) is 19.7 Å². The highest BCUT2D eigenvalue weighted by Gasteiger charge is 2.31. The van der Waals surface area contributed by atoms with Crippen LogP contribution in [-0.2, 0) is 10.3 Å². The lowest BCUT2D eigenvalue weighted by atomic mass is 10.0. The highest BCUT2D eigenvalue weighted by Crippen LogP contribution is 2.23. The average Bonchev–Trinajstić information content (AvgIpc) is 2.20. The third kappa shape index (κ3) is 1.68. The molecule has 1 aromatic rings. The molecule has 1 aliphatic heterocycles. The van der Waals surface area contributed by atoms with Gasteiger partial charge in [0.25, 0.3) is 0 Å². The van der Waals surface area contributed by atoms with E-state index >= 15 is 0 Å². The van der Waals surface area contributed by atoms with Crippen LogP contribution in [-0.4, -0.2) is 29.7 Å². The van der Waals surface area contributed by atoms with Crippen molar-refractivity contribution in [2.24, 2.45) is 0 Å². The summed E-state index contributed by atoms with van der Waals surface area (Å²) in [6.45, 7) is 4.44. The van der Waals surface area contributed by atoms with Crippen LogP contribution in [0, 0.1) is 6.33 Å². The second kappa shape index (κ2) is 3.40. The van der Waals surface area contributed by atoms with Gasteiger partial charge in [0.2, 0.25) is 0 Å². The van der Waals surface area contributed by atoms with Gasteiger partial charge < -0.3 is 10.1 Å². The minimum Gasteiger partial charge on any atom is -0.366 e. The van der Waals surface area contributed by atoms with E-state index in [1.165, 1.54) is 0 Å². The number of aromatic nitrogens is 2. The van der Waals surface area contributed by atoms with Gasteiger partial charge in [-0.15, -0.1) is 0 Å². The van der Waals surface area contributed by atoms with Crippen molar-refractivity contribution in [2.45, 2.75) is 12.5 Å². The maximum Gasteiger partial charge on any atom is 0.198 e. The van der Waals surface area contributed by atoms with Crippen LogP contribution in [0.5, 0.6) is 0 Å². The fourth-order valence-corrected chi connectivity index (χ4v) is 1.45. The minimum atomic E-state index is -0.322. The van der Waals surface area contributed by atoms with Gasteiger partial charge in [0.15, 0.2) is 6.33 Å². The van der Waals surface area contributed by atoms with Crippen LogP contribution in [0.1, 0.15) is 12.6 Å². The zero-order chi connectivity index (χ0) is 9.15. The Bertz CT molecular complexity index is 269. The smallest absolute Gasteiger partial charge is 0.198 e. The van der Waals surface area contributed by atoms with Crippen LogP contribution in [0.2, 0.25) is 0 Å². The Kier molecular flexibility index (Phi) is 2.24. The van der Waals surface area contributed by atoms with E-state index in [0.717, 1.165) is 25.4 Å². The molecule has 4 heteroatoms. The van der Waals surface area contributed by atoms with Gasteiger partial charge in [-0.1, -0.05) is 0 Å². The Balaban J connectivity index is 2.23. The van der Waals surface area contributed by atoms with Gasteiger partial charge in [-0.3, -0.25) is 0 Å². The van der Waals surface area contributed by atoms with E-state index in [1.807, 2.05) is 13.0 Å². The maximum absolute atomic E-state index is 5.68. The van der Waals surface area contributed by atoms with Crippen LogP contribution in [0.25, 0.3) is 0 Å². The summed E-state index contributed by atoms with van der Waals surface area (Å²) in [7, 11) is 0. The second-order valence-electron chi connectivity index (χ2n) is 3.30. The molecule has 0 aromatic carbocycles. The van der Waals surface area contributed by atoms with Gasteiger partial charge in [-0.25, -0.2) is 9.97 Å². The minimum absolute atomic E-state index is 0.322. The summed E-state index contributed by atoms with van der Waals surface area (Å²) in [4.78, 5) is 7.83. The van der Waals surface area contributed by atoms with Crippen LogP contribution in [0.4, 0.5) is 0 Å². The molecular formula is C9H12N3O.